The van der Waals surface area contributed by atoms with Crippen LogP contribution in [0.1, 0.15) is 54.4 Å². The van der Waals surface area contributed by atoms with Gasteiger partial charge in [0, 0.05) is 39.7 Å². The molecule has 2 amide bonds. The monoisotopic (exact) mass is 675 g/mol. The molecule has 244 valence electrons. The fraction of sp³-hybridized carbons (Fsp3) is 0.438. The van der Waals surface area contributed by atoms with Crippen molar-refractivity contribution in [3.63, 3.8) is 0 Å². The summed E-state index contributed by atoms with van der Waals surface area (Å²) >= 11 is 7.84. The molecule has 2 unspecified atom stereocenters. The second kappa shape index (κ2) is 11.4. The number of fused-ring (bicyclic) bond motifs is 4. The van der Waals surface area contributed by atoms with Crippen LogP contribution in [0.25, 0.3) is 32.1 Å². The van der Waals surface area contributed by atoms with Crippen LogP contribution in [0, 0.1) is 17.7 Å². The van der Waals surface area contributed by atoms with E-state index in [2.05, 4.69) is 15.3 Å². The standard InChI is InChI=1S/C32H33ClF3N5O4S/c1-31(2,3)44-29(42)37-22-12-17-21(46-22)10-9-20(34)23(17)24-19(33)11-18-26(25(24)35)38-28(36)39-27(18)40-13-15-7-8-16(14-40)41(15)30(43)45-32(4,5)6/h9-12,15-16H,7-8,13-14H2,1-6H3,(H,37,42). The Hall–Kier alpha value is -3.84. The average Bonchev–Trinajstić information content (AvgIpc) is 3.44. The SMILES string of the molecule is CC(C)(C)OC(=O)Nc1cc2c(-c3c(Cl)cc4c(N5CC6CCC(C5)N6C(=O)OC(C)(C)C)nc(F)nc4c3F)c(F)ccc2s1. The number of amides is 2. The van der Waals surface area contributed by atoms with Gasteiger partial charge in [0.15, 0.2) is 5.82 Å². The number of thiophene rings is 1. The summed E-state index contributed by atoms with van der Waals surface area (Å²) in [4.78, 5) is 36.6. The van der Waals surface area contributed by atoms with Crippen LogP contribution < -0.4 is 10.2 Å². The van der Waals surface area contributed by atoms with Crippen LogP contribution in [-0.2, 0) is 9.47 Å². The van der Waals surface area contributed by atoms with Crippen LogP contribution in [0.15, 0.2) is 24.3 Å². The molecule has 2 aromatic heterocycles. The molecule has 0 spiro atoms. The second-order valence-electron chi connectivity index (χ2n) is 13.5. The van der Waals surface area contributed by atoms with Crippen LogP contribution in [-0.4, -0.2) is 63.4 Å². The number of nitrogens with one attached hydrogen (secondary N) is 1. The summed E-state index contributed by atoms with van der Waals surface area (Å²) in [5, 5.41) is 3.30. The lowest BCUT2D eigenvalue weighted by Gasteiger charge is -2.42. The molecule has 2 atom stereocenters. The molecule has 46 heavy (non-hydrogen) atoms. The largest absolute Gasteiger partial charge is 0.444 e. The van der Waals surface area contributed by atoms with Crippen molar-refractivity contribution < 1.29 is 32.2 Å². The zero-order valence-corrected chi connectivity index (χ0v) is 27.7. The summed E-state index contributed by atoms with van der Waals surface area (Å²) in [5.41, 5.74) is -2.20. The molecule has 14 heteroatoms. The fourth-order valence-corrected chi connectivity index (χ4v) is 7.36. The van der Waals surface area contributed by atoms with Crippen molar-refractivity contribution in [3.05, 3.63) is 47.0 Å². The van der Waals surface area contributed by atoms with E-state index in [1.807, 2.05) is 0 Å². The van der Waals surface area contributed by atoms with Gasteiger partial charge in [0.2, 0.25) is 0 Å². The zero-order valence-electron chi connectivity index (χ0n) is 26.1. The molecular formula is C32H33ClF3N5O4S. The first-order valence-electron chi connectivity index (χ1n) is 14.8. The number of piperazine rings is 1. The van der Waals surface area contributed by atoms with Crippen LogP contribution in [0.2, 0.25) is 5.02 Å². The Morgan fingerprint density at radius 1 is 0.935 bits per heavy atom. The third kappa shape index (κ3) is 6.14. The Labute approximate surface area is 272 Å². The van der Waals surface area contributed by atoms with Gasteiger partial charge in [-0.15, -0.1) is 11.3 Å². The Morgan fingerprint density at radius 2 is 1.59 bits per heavy atom. The summed E-state index contributed by atoms with van der Waals surface area (Å²) in [5.74, 6) is -1.65. The maximum Gasteiger partial charge on any atom is 0.412 e. The lowest BCUT2D eigenvalue weighted by molar-refractivity contribution is 0.0122. The molecule has 2 bridgehead atoms. The van der Waals surface area contributed by atoms with Crippen LogP contribution in [0.5, 0.6) is 0 Å². The van der Waals surface area contributed by atoms with Gasteiger partial charge >= 0.3 is 18.3 Å². The van der Waals surface area contributed by atoms with E-state index in [-0.39, 0.29) is 45.0 Å². The highest BCUT2D eigenvalue weighted by molar-refractivity contribution is 7.23. The predicted octanol–water partition coefficient (Wildman–Crippen LogP) is 8.52. The lowest BCUT2D eigenvalue weighted by atomic mass is 9.98. The maximum atomic E-state index is 16.5. The Bertz CT molecular complexity index is 1880. The molecular weight excluding hydrogens is 643 g/mol. The average molecular weight is 676 g/mol. The minimum atomic E-state index is -1.16. The van der Waals surface area contributed by atoms with Crippen LogP contribution >= 0.6 is 22.9 Å². The van der Waals surface area contributed by atoms with Crippen molar-refractivity contribution in [1.82, 2.24) is 14.9 Å². The third-order valence-corrected chi connectivity index (χ3v) is 9.06. The molecule has 2 aromatic carbocycles. The van der Waals surface area contributed by atoms with Crippen molar-refractivity contribution in [3.8, 4) is 11.1 Å². The fourth-order valence-electron chi connectivity index (χ4n) is 6.12. The highest BCUT2D eigenvalue weighted by Crippen LogP contribution is 2.45. The van der Waals surface area contributed by atoms with Crippen molar-refractivity contribution in [2.24, 2.45) is 0 Å². The van der Waals surface area contributed by atoms with Crippen LogP contribution in [0.3, 0.4) is 0 Å². The number of aromatic nitrogens is 2. The second-order valence-corrected chi connectivity index (χ2v) is 15.0. The minimum absolute atomic E-state index is 0.129. The number of hydrogen-bond acceptors (Lipinski definition) is 8. The van der Waals surface area contributed by atoms with E-state index in [1.54, 1.807) is 51.3 Å². The van der Waals surface area contributed by atoms with Crippen molar-refractivity contribution in [2.75, 3.05) is 23.3 Å². The molecule has 1 N–H and O–H groups in total. The smallest absolute Gasteiger partial charge is 0.412 e. The molecule has 0 saturated carbocycles. The number of ether oxygens (including phenoxy) is 2. The van der Waals surface area contributed by atoms with Gasteiger partial charge in [0.25, 0.3) is 0 Å². The van der Waals surface area contributed by atoms with E-state index >= 15 is 8.78 Å². The van der Waals surface area contributed by atoms with Gasteiger partial charge in [0.05, 0.1) is 22.1 Å². The Balaban J connectivity index is 1.38. The van der Waals surface area contributed by atoms with E-state index in [1.165, 1.54) is 24.3 Å². The first-order valence-corrected chi connectivity index (χ1v) is 16.0. The van der Waals surface area contributed by atoms with Crippen molar-refractivity contribution in [2.45, 2.75) is 77.7 Å². The van der Waals surface area contributed by atoms with Gasteiger partial charge in [-0.25, -0.2) is 18.4 Å². The molecule has 4 aromatic rings. The Kier molecular flexibility index (Phi) is 7.99. The molecule has 9 nitrogen and oxygen atoms in total. The van der Waals surface area contributed by atoms with Crippen molar-refractivity contribution in [1.29, 1.82) is 0 Å². The zero-order chi connectivity index (χ0) is 33.3. The third-order valence-electron chi connectivity index (χ3n) is 7.75. The van der Waals surface area contributed by atoms with E-state index in [0.29, 0.717) is 28.2 Å². The summed E-state index contributed by atoms with van der Waals surface area (Å²) in [7, 11) is 0. The maximum absolute atomic E-state index is 16.5. The topological polar surface area (TPSA) is 96.9 Å². The van der Waals surface area contributed by atoms with E-state index in [0.717, 1.165) is 24.2 Å². The molecule has 2 aliphatic heterocycles. The number of halogens is 4. The summed E-state index contributed by atoms with van der Waals surface area (Å²) in [6, 6.07) is 5.18. The molecule has 2 aliphatic rings. The van der Waals surface area contributed by atoms with Gasteiger partial charge in [0.1, 0.15) is 28.4 Å². The highest BCUT2D eigenvalue weighted by Gasteiger charge is 2.45. The number of benzene rings is 2. The number of anilines is 2. The van der Waals surface area contributed by atoms with E-state index in [9.17, 15) is 14.0 Å². The van der Waals surface area contributed by atoms with Gasteiger partial charge in [-0.3, -0.25) is 10.2 Å². The number of rotatable bonds is 3. The quantitative estimate of drug-likeness (QED) is 0.218. The molecule has 2 fully saturated rings. The summed E-state index contributed by atoms with van der Waals surface area (Å²) in [6.45, 7) is 11.2. The minimum Gasteiger partial charge on any atom is -0.444 e. The number of carbonyl (C=O) groups is 2. The lowest BCUT2D eigenvalue weighted by Crippen LogP contribution is -2.57. The summed E-state index contributed by atoms with van der Waals surface area (Å²) < 4.78 is 58.4. The van der Waals surface area contributed by atoms with Gasteiger partial charge in [-0.1, -0.05) is 11.6 Å². The van der Waals surface area contributed by atoms with E-state index in [4.69, 9.17) is 21.1 Å². The number of hydrogen-bond donors (Lipinski definition) is 1. The predicted molar refractivity (Wildman–Crippen MR) is 172 cm³/mol. The first-order chi connectivity index (χ1) is 21.5. The Morgan fingerprint density at radius 3 is 2.22 bits per heavy atom. The van der Waals surface area contributed by atoms with Crippen LogP contribution in [0.4, 0.5) is 33.6 Å². The molecule has 4 heterocycles. The van der Waals surface area contributed by atoms with Gasteiger partial charge in [-0.05, 0) is 78.6 Å². The van der Waals surface area contributed by atoms with Crippen molar-refractivity contribution >= 4 is 66.9 Å². The van der Waals surface area contributed by atoms with Gasteiger partial charge in [-0.2, -0.15) is 14.4 Å². The van der Waals surface area contributed by atoms with E-state index < -0.39 is 41.1 Å². The number of nitrogens with zero attached hydrogens (tertiary/aromatic N) is 4. The molecule has 0 aliphatic carbocycles. The van der Waals surface area contributed by atoms with Gasteiger partial charge < -0.3 is 14.4 Å². The highest BCUT2D eigenvalue weighted by atomic mass is 35.5. The molecule has 2 saturated heterocycles. The molecule has 0 radical (unpaired) electrons. The number of carbonyl (C=O) groups excluding carboxylic acids is 2. The molecule has 6 rings (SSSR count). The normalized spacial score (nSPS) is 18.4. The first kappa shape index (κ1) is 32.1. The summed E-state index contributed by atoms with van der Waals surface area (Å²) in [6.07, 6.45) is -0.823.